The fraction of sp³-hybridized carbons (Fsp3) is 0.0615. The highest BCUT2D eigenvalue weighted by Gasteiger charge is 2.46. The Morgan fingerprint density at radius 1 is 0.405 bits per heavy atom. The van der Waals surface area contributed by atoms with Gasteiger partial charge in [-0.05, 0) is 140 Å². The van der Waals surface area contributed by atoms with Crippen molar-refractivity contribution in [3.05, 3.63) is 272 Å². The second-order valence-electron chi connectivity index (χ2n) is 18.1. The molecule has 3 aromatic heterocycles. The predicted octanol–water partition coefficient (Wildman–Crippen LogP) is 16.3. The first-order chi connectivity index (χ1) is 36.5. The van der Waals surface area contributed by atoms with Gasteiger partial charge >= 0.3 is 15.1 Å². The molecule has 0 saturated carbocycles. The number of rotatable bonds is 13. The van der Waals surface area contributed by atoms with Crippen LogP contribution >= 0.6 is 0 Å². The molecule has 3 heterocycles. The number of pyridine rings is 3. The molecule has 0 fully saturated rings. The van der Waals surface area contributed by atoms with Crippen molar-refractivity contribution in [3.63, 3.8) is 0 Å². The largest absolute Gasteiger partial charge is 1.20 e. The van der Waals surface area contributed by atoms with Gasteiger partial charge in [0.15, 0.2) is 0 Å². The van der Waals surface area contributed by atoms with E-state index in [2.05, 4.69) is 190 Å². The van der Waals surface area contributed by atoms with Gasteiger partial charge in [0.2, 0.25) is 0 Å². The maximum absolute atomic E-state index is 6.41. The molecule has 0 aliphatic heterocycles. The van der Waals surface area contributed by atoms with Crippen LogP contribution < -0.4 is 21.2 Å². The van der Waals surface area contributed by atoms with E-state index in [4.69, 9.17) is 11.4 Å². The number of hydrogen-bond donors (Lipinski definition) is 0. The molecule has 0 bridgehead atoms. The molecule has 9 heteroatoms. The van der Waals surface area contributed by atoms with Crippen LogP contribution in [0.2, 0.25) is 0 Å². The van der Waals surface area contributed by atoms with Crippen LogP contribution in [0, 0.1) is 13.8 Å². The lowest BCUT2D eigenvalue weighted by molar-refractivity contribution is 0.311. The Bertz CT molecular complexity index is 3550. The van der Waals surface area contributed by atoms with Crippen LogP contribution in [0.1, 0.15) is 17.5 Å². The lowest BCUT2D eigenvalue weighted by Gasteiger charge is -2.33. The minimum absolute atomic E-state index is 0.294. The van der Waals surface area contributed by atoms with Gasteiger partial charge in [0.1, 0.15) is 33.8 Å². The molecule has 11 aromatic rings. The Balaban J connectivity index is 0.000000161. The van der Waals surface area contributed by atoms with E-state index in [0.717, 1.165) is 56.2 Å². The van der Waals surface area contributed by atoms with Gasteiger partial charge in [-0.15, -0.1) is 0 Å². The lowest BCUT2D eigenvalue weighted by atomic mass is 10.0. The van der Waals surface area contributed by atoms with E-state index < -0.39 is 15.1 Å². The average molecular weight is 978 g/mol. The third-order valence-corrected chi connectivity index (χ3v) is 14.2. The maximum Gasteiger partial charge on any atom is 1.20 e. The Hall–Kier alpha value is -9.00. The topological polar surface area (TPSA) is 72.8 Å². The number of nitrogens with zero attached hydrogens (tertiary/aromatic N) is 5. The van der Waals surface area contributed by atoms with Crippen molar-refractivity contribution in [3.8, 4) is 28.4 Å². The third-order valence-electron chi connectivity index (χ3n) is 12.9. The highest BCUT2D eigenvalue weighted by atomic mass is 27.3. The van der Waals surface area contributed by atoms with Gasteiger partial charge in [-0.2, -0.15) is 0 Å². The van der Waals surface area contributed by atoms with E-state index in [-0.39, 0.29) is 0 Å². The van der Waals surface area contributed by atoms with Crippen molar-refractivity contribution in [2.75, 3.05) is 9.80 Å². The van der Waals surface area contributed by atoms with Gasteiger partial charge in [-0.3, -0.25) is 15.0 Å². The molecule has 358 valence electrons. The number of anilines is 5. The molecule has 0 N–H and O–H groups in total. The van der Waals surface area contributed by atoms with E-state index in [0.29, 0.717) is 23.3 Å². The molecule has 1 atom stereocenters. The Labute approximate surface area is 437 Å². The molecule has 0 spiro atoms. The summed E-state index contributed by atoms with van der Waals surface area (Å²) in [6.07, 6.45) is 15.1. The van der Waals surface area contributed by atoms with Crippen LogP contribution in [-0.4, -0.2) is 36.1 Å². The fourth-order valence-corrected chi connectivity index (χ4v) is 10.7. The van der Waals surface area contributed by atoms with Gasteiger partial charge in [-0.25, -0.2) is 0 Å². The monoisotopic (exact) mass is 977 g/mol. The van der Waals surface area contributed by atoms with Gasteiger partial charge in [0.25, 0.3) is 0 Å². The van der Waals surface area contributed by atoms with Crippen molar-refractivity contribution in [1.29, 1.82) is 0 Å². The summed E-state index contributed by atoms with van der Waals surface area (Å²) in [7, 11) is 0. The van der Waals surface area contributed by atoms with E-state index in [9.17, 15) is 0 Å². The molecule has 1 aliphatic rings. The van der Waals surface area contributed by atoms with Crippen LogP contribution in [0.5, 0.6) is 17.2 Å². The van der Waals surface area contributed by atoms with Crippen molar-refractivity contribution in [1.82, 2.24) is 15.0 Å². The molecule has 0 amide bonds. The van der Waals surface area contributed by atoms with Gasteiger partial charge in [0.05, 0.1) is 6.04 Å². The molecule has 12 rings (SSSR count). The average Bonchev–Trinajstić information content (AvgIpc) is 3.45. The fourth-order valence-electron chi connectivity index (χ4n) is 9.37. The summed E-state index contributed by atoms with van der Waals surface area (Å²) in [5, 5.41) is 2.93. The molecule has 8 nitrogen and oxygen atoms in total. The summed E-state index contributed by atoms with van der Waals surface area (Å²) >= 11 is -2.86. The smallest absolute Gasteiger partial charge is 0.576 e. The van der Waals surface area contributed by atoms with Crippen LogP contribution in [0.3, 0.4) is 0 Å². The molecule has 1 aliphatic carbocycles. The van der Waals surface area contributed by atoms with Gasteiger partial charge < -0.3 is 21.2 Å². The second kappa shape index (κ2) is 22.2. The number of aromatic nitrogens is 3. The molecular formula is C65H52AlN5O3. The van der Waals surface area contributed by atoms with Crippen LogP contribution in [-0.2, 0) is 0 Å². The Kier molecular flexibility index (Phi) is 14.2. The van der Waals surface area contributed by atoms with E-state index >= 15 is 0 Å². The molecule has 0 radical (unpaired) electrons. The summed E-state index contributed by atoms with van der Waals surface area (Å²) < 4.78 is 19.2. The van der Waals surface area contributed by atoms with Gasteiger partial charge in [0, 0.05) is 63.2 Å². The number of aryl methyl sites for hydroxylation is 2. The van der Waals surface area contributed by atoms with Crippen molar-refractivity contribution in [2.45, 2.75) is 26.3 Å². The number of hydrogen-bond acceptors (Lipinski definition) is 8. The zero-order valence-electron chi connectivity index (χ0n) is 41.1. The maximum atomic E-state index is 6.41. The number of para-hydroxylation sites is 4. The zero-order valence-corrected chi connectivity index (χ0v) is 42.3. The van der Waals surface area contributed by atoms with E-state index in [1.165, 1.54) is 33.6 Å². The van der Waals surface area contributed by atoms with Crippen LogP contribution in [0.25, 0.3) is 43.8 Å². The summed E-state index contributed by atoms with van der Waals surface area (Å²) in [5.41, 5.74) is 13.0. The SMILES string of the molecule is Cc1cccc(N(c2ccccc2)c2ccc(-c3ccc(N(c4cccc(C)c4)C4C=CC=CC4)cc3)cc2)c1.c1cnc2c([O][Al]([O]c3cccc4cccnc34)[O]c3cccc4cccnc34)cccc2c1. The molecular weight excluding hydrogens is 926 g/mol. The van der Waals surface area contributed by atoms with E-state index in [1.54, 1.807) is 18.6 Å². The van der Waals surface area contributed by atoms with Gasteiger partial charge in [-0.1, -0.05) is 146 Å². The summed E-state index contributed by atoms with van der Waals surface area (Å²) in [6.45, 7) is 4.30. The zero-order chi connectivity index (χ0) is 50.1. The first kappa shape index (κ1) is 47.3. The molecule has 74 heavy (non-hydrogen) atoms. The molecule has 8 aromatic carbocycles. The predicted molar refractivity (Wildman–Crippen MR) is 304 cm³/mol. The van der Waals surface area contributed by atoms with Crippen LogP contribution in [0.4, 0.5) is 28.4 Å². The van der Waals surface area contributed by atoms with Crippen molar-refractivity contribution >= 4 is 76.3 Å². The first-order valence-electron chi connectivity index (χ1n) is 24.8. The third kappa shape index (κ3) is 10.8. The highest BCUT2D eigenvalue weighted by Crippen LogP contribution is 2.38. The number of benzene rings is 8. The molecule has 1 unspecified atom stereocenters. The number of fused-ring (bicyclic) bond motifs is 3. The minimum atomic E-state index is -2.86. The Morgan fingerprint density at radius 3 is 1.32 bits per heavy atom. The van der Waals surface area contributed by atoms with Crippen molar-refractivity contribution < 1.29 is 11.4 Å². The quantitative estimate of drug-likeness (QED) is 0.106. The highest BCUT2D eigenvalue weighted by molar-refractivity contribution is 6.40. The minimum Gasteiger partial charge on any atom is -0.576 e. The first-order valence-corrected chi connectivity index (χ1v) is 26.2. The van der Waals surface area contributed by atoms with Crippen LogP contribution in [0.15, 0.2) is 261 Å². The normalized spacial score (nSPS) is 12.7. The number of allylic oxidation sites excluding steroid dienone is 2. The summed E-state index contributed by atoms with van der Waals surface area (Å²) in [5.74, 6) is 1.82. The standard InChI is InChI=1S/C38H34N2.3C9H7NO.Al/c1-29-11-9-17-37(27-29)39(33-13-5-3-6-14-33)35-23-19-31(20-24-35)32-21-25-36(26-22-32)40(34-15-7-4-8-16-34)38-18-10-12-30(2)28-38;3*11-8-5-1-3-7-4-2-6-10-9(7)8;/h3-15,17-28,34H,16H2,1-2H3;3*1-6,11H;/q;;;;+3/p-3. The summed E-state index contributed by atoms with van der Waals surface area (Å²) in [6, 6.07) is 75.3. The summed E-state index contributed by atoms with van der Waals surface area (Å²) in [4.78, 5) is 18.3. The lowest BCUT2D eigenvalue weighted by Crippen LogP contribution is -2.37. The van der Waals surface area contributed by atoms with Crippen molar-refractivity contribution in [2.24, 2.45) is 0 Å². The second-order valence-corrected chi connectivity index (χ2v) is 19.3. The molecule has 0 saturated heterocycles. The van der Waals surface area contributed by atoms with E-state index in [1.807, 2.05) is 91.0 Å². The Morgan fingerprint density at radius 2 is 0.838 bits per heavy atom.